The molecule has 0 aromatic carbocycles. The Kier molecular flexibility index (Phi) is 5.78. The molecule has 29 heavy (non-hydrogen) atoms. The van der Waals surface area contributed by atoms with Gasteiger partial charge < -0.3 is 4.43 Å². The average Bonchev–Trinajstić information content (AvgIpc) is 2.96. The fraction of sp³-hybridized carbons (Fsp3) is 0.852. The van der Waals surface area contributed by atoms with Crippen molar-refractivity contribution in [3.8, 4) is 0 Å². The first-order valence-electron chi connectivity index (χ1n) is 12.4. The number of hydrogen-bond acceptors (Lipinski definition) is 1. The van der Waals surface area contributed by atoms with Crippen LogP contribution in [0.15, 0.2) is 23.3 Å². The Bertz CT molecular complexity index is 683. The second-order valence-electron chi connectivity index (χ2n) is 12.5. The number of allylic oxidation sites excluding steroid dienone is 4. The zero-order valence-corrected chi connectivity index (χ0v) is 21.2. The van der Waals surface area contributed by atoms with E-state index in [9.17, 15) is 0 Å². The first-order chi connectivity index (χ1) is 13.6. The fourth-order valence-corrected chi connectivity index (χ4v) is 8.67. The summed E-state index contributed by atoms with van der Waals surface area (Å²) in [6.07, 6.45) is 18.1. The third kappa shape index (κ3) is 3.75. The Hall–Kier alpha value is -0.343. The van der Waals surface area contributed by atoms with Crippen LogP contribution in [0.3, 0.4) is 0 Å². The lowest BCUT2D eigenvalue weighted by Gasteiger charge is -2.54. The van der Waals surface area contributed by atoms with Crippen molar-refractivity contribution >= 4 is 9.04 Å². The van der Waals surface area contributed by atoms with Gasteiger partial charge in [0.2, 0.25) is 9.04 Å². The van der Waals surface area contributed by atoms with Gasteiger partial charge in [0.1, 0.15) is 0 Å². The van der Waals surface area contributed by atoms with E-state index in [1.807, 2.05) is 5.57 Å². The summed E-state index contributed by atoms with van der Waals surface area (Å²) in [5.41, 5.74) is 4.82. The lowest BCUT2D eigenvalue weighted by Crippen LogP contribution is -2.45. The Labute approximate surface area is 182 Å². The molecule has 0 N–H and O–H groups in total. The van der Waals surface area contributed by atoms with Crippen molar-refractivity contribution in [1.29, 1.82) is 0 Å². The second-order valence-corrected chi connectivity index (χ2v) is 14.6. The van der Waals surface area contributed by atoms with Crippen LogP contribution >= 0.6 is 0 Å². The van der Waals surface area contributed by atoms with Crippen LogP contribution in [0.25, 0.3) is 0 Å². The summed E-state index contributed by atoms with van der Waals surface area (Å²) in [5.74, 6) is 2.47. The summed E-state index contributed by atoms with van der Waals surface area (Å²) >= 11 is 0. The summed E-state index contributed by atoms with van der Waals surface area (Å²) < 4.78 is 6.57. The van der Waals surface area contributed by atoms with Gasteiger partial charge in [0, 0.05) is 6.10 Å². The number of fused-ring (bicyclic) bond motifs is 5. The van der Waals surface area contributed by atoms with E-state index in [4.69, 9.17) is 4.43 Å². The van der Waals surface area contributed by atoms with E-state index in [-0.39, 0.29) is 5.41 Å². The third-order valence-corrected chi connectivity index (χ3v) is 10.3. The van der Waals surface area contributed by atoms with E-state index in [1.165, 1.54) is 57.8 Å². The standard InChI is InChI=1S/C27H45OSi/c1-25(2,3)24(28-29(6)7)18-20-12-14-22-21-13-11-19-10-8-9-16-26(19,4)23(21)15-17-27(20,22)5/h11,13,20,22-24H,8-10,12,14-18H2,1-7H3/t20-,22+,23+,24?,26+,27-/m1/s1. The van der Waals surface area contributed by atoms with Crippen molar-refractivity contribution < 1.29 is 4.43 Å². The maximum Gasteiger partial charge on any atom is 0.205 e. The average molecular weight is 414 g/mol. The number of rotatable bonds is 4. The monoisotopic (exact) mass is 413 g/mol. The van der Waals surface area contributed by atoms with Gasteiger partial charge in [0.25, 0.3) is 0 Å². The molecule has 3 saturated carbocycles. The SMILES string of the molecule is C[Si](C)OC(C[C@H]1CC[C@H]2C3=CC=C4CCCC[C@]4(C)[C@H]3CC[C@]12C)C(C)(C)C. The molecule has 0 spiro atoms. The van der Waals surface area contributed by atoms with Gasteiger partial charge >= 0.3 is 0 Å². The minimum absolute atomic E-state index is 0.241. The predicted octanol–water partition coefficient (Wildman–Crippen LogP) is 7.95. The first-order valence-corrected chi connectivity index (χ1v) is 14.8. The highest BCUT2D eigenvalue weighted by Crippen LogP contribution is 2.65. The van der Waals surface area contributed by atoms with E-state index in [2.05, 4.69) is 59.9 Å². The molecule has 0 amide bonds. The second kappa shape index (κ2) is 7.66. The molecular weight excluding hydrogens is 368 g/mol. The van der Waals surface area contributed by atoms with E-state index < -0.39 is 9.04 Å². The van der Waals surface area contributed by atoms with Crippen LogP contribution in [0.5, 0.6) is 0 Å². The maximum absolute atomic E-state index is 6.57. The molecular formula is C27H45OSi. The largest absolute Gasteiger partial charge is 0.414 e. The summed E-state index contributed by atoms with van der Waals surface area (Å²) in [5, 5.41) is 0. The summed E-state index contributed by atoms with van der Waals surface area (Å²) in [4.78, 5) is 0. The molecule has 0 saturated heterocycles. The Balaban J connectivity index is 1.58. The minimum Gasteiger partial charge on any atom is -0.414 e. The van der Waals surface area contributed by atoms with Crippen molar-refractivity contribution in [2.75, 3.05) is 0 Å². The lowest BCUT2D eigenvalue weighted by molar-refractivity contribution is 0.0163. The lowest BCUT2D eigenvalue weighted by atomic mass is 9.50. The van der Waals surface area contributed by atoms with Gasteiger partial charge in [-0.2, -0.15) is 0 Å². The molecule has 0 aromatic heterocycles. The third-order valence-electron chi connectivity index (χ3n) is 9.52. The van der Waals surface area contributed by atoms with Crippen LogP contribution in [0, 0.1) is 34.0 Å². The Morgan fingerprint density at radius 3 is 2.48 bits per heavy atom. The quantitative estimate of drug-likeness (QED) is 0.425. The summed E-state index contributed by atoms with van der Waals surface area (Å²) in [6.45, 7) is 17.0. The van der Waals surface area contributed by atoms with Crippen molar-refractivity contribution in [3.63, 3.8) is 0 Å². The molecule has 4 aliphatic rings. The molecule has 4 aliphatic carbocycles. The van der Waals surface area contributed by atoms with Crippen LogP contribution in [0.2, 0.25) is 13.1 Å². The van der Waals surface area contributed by atoms with Crippen molar-refractivity contribution in [2.45, 2.75) is 112 Å². The van der Waals surface area contributed by atoms with Gasteiger partial charge in [-0.3, -0.25) is 0 Å². The molecule has 2 heteroatoms. The van der Waals surface area contributed by atoms with Gasteiger partial charge in [-0.25, -0.2) is 0 Å². The minimum atomic E-state index is -0.664. The van der Waals surface area contributed by atoms with Gasteiger partial charge in [0.15, 0.2) is 0 Å². The predicted molar refractivity (Wildman–Crippen MR) is 126 cm³/mol. The van der Waals surface area contributed by atoms with Crippen LogP contribution in [-0.2, 0) is 4.43 Å². The maximum atomic E-state index is 6.57. The summed E-state index contributed by atoms with van der Waals surface area (Å²) in [7, 11) is -0.664. The molecule has 0 aromatic rings. The molecule has 0 heterocycles. The zero-order chi connectivity index (χ0) is 21.0. The normalized spacial score (nSPS) is 40.6. The van der Waals surface area contributed by atoms with Crippen LogP contribution in [0.1, 0.15) is 92.4 Å². The molecule has 1 nitrogen and oxygen atoms in total. The molecule has 6 atom stereocenters. The molecule has 3 fully saturated rings. The van der Waals surface area contributed by atoms with Crippen LogP contribution < -0.4 is 0 Å². The molecule has 163 valence electrons. The fourth-order valence-electron chi connectivity index (χ4n) is 7.65. The smallest absolute Gasteiger partial charge is 0.205 e. The van der Waals surface area contributed by atoms with Gasteiger partial charge in [-0.05, 0) is 98.5 Å². The van der Waals surface area contributed by atoms with Gasteiger partial charge in [-0.15, -0.1) is 0 Å². The van der Waals surface area contributed by atoms with E-state index in [1.54, 1.807) is 5.57 Å². The van der Waals surface area contributed by atoms with Crippen molar-refractivity contribution in [2.24, 2.45) is 34.0 Å². The topological polar surface area (TPSA) is 9.23 Å². The molecule has 0 bridgehead atoms. The van der Waals surface area contributed by atoms with Crippen molar-refractivity contribution in [1.82, 2.24) is 0 Å². The molecule has 1 unspecified atom stereocenters. The zero-order valence-electron chi connectivity index (χ0n) is 20.2. The molecule has 4 rings (SSSR count). The van der Waals surface area contributed by atoms with E-state index in [0.717, 1.165) is 17.8 Å². The Morgan fingerprint density at radius 1 is 1.03 bits per heavy atom. The van der Waals surface area contributed by atoms with E-state index >= 15 is 0 Å². The van der Waals surface area contributed by atoms with E-state index in [0.29, 0.717) is 16.9 Å². The highest BCUT2D eigenvalue weighted by Gasteiger charge is 2.56. The van der Waals surface area contributed by atoms with Gasteiger partial charge in [0.05, 0.1) is 0 Å². The van der Waals surface area contributed by atoms with Crippen molar-refractivity contribution in [3.05, 3.63) is 23.3 Å². The summed E-state index contributed by atoms with van der Waals surface area (Å²) in [6, 6.07) is 0. The van der Waals surface area contributed by atoms with Crippen LogP contribution in [-0.4, -0.2) is 15.1 Å². The molecule has 1 radical (unpaired) electrons. The highest BCUT2D eigenvalue weighted by atomic mass is 28.3. The first kappa shape index (κ1) is 21.9. The highest BCUT2D eigenvalue weighted by molar-refractivity contribution is 6.48. The number of hydrogen-bond donors (Lipinski definition) is 0. The Morgan fingerprint density at radius 2 is 1.79 bits per heavy atom. The van der Waals surface area contributed by atoms with Crippen LogP contribution in [0.4, 0.5) is 0 Å². The van der Waals surface area contributed by atoms with Gasteiger partial charge in [-0.1, -0.05) is 64.3 Å². The molecule has 0 aliphatic heterocycles.